The first kappa shape index (κ1) is 20.2. The molecule has 0 rings (SSSR count). The summed E-state index contributed by atoms with van der Waals surface area (Å²) >= 11 is 0. The Hall–Kier alpha value is -1.78. The molecule has 0 radical (unpaired) electrons. The van der Waals surface area contributed by atoms with Gasteiger partial charge in [-0.15, -0.1) is 0 Å². The molecule has 22 heavy (non-hydrogen) atoms. The molecule has 0 saturated heterocycles. The largest absolute Gasteiger partial charge is 0.459 e. The van der Waals surface area contributed by atoms with Gasteiger partial charge in [0.25, 0.3) is 0 Å². The molecule has 0 spiro atoms. The van der Waals surface area contributed by atoms with Crippen LogP contribution in [0.1, 0.15) is 13.8 Å². The smallest absolute Gasteiger partial charge is 0.437 e. The van der Waals surface area contributed by atoms with E-state index in [9.17, 15) is 35.9 Å². The maximum Gasteiger partial charge on any atom is 0.437 e. The van der Waals surface area contributed by atoms with Gasteiger partial charge in [-0.1, -0.05) is 6.58 Å². The van der Waals surface area contributed by atoms with Crippen LogP contribution in [0.25, 0.3) is 0 Å². The monoisotopic (exact) mass is 338 g/mol. The van der Waals surface area contributed by atoms with Crippen LogP contribution >= 0.6 is 0 Å². The van der Waals surface area contributed by atoms with E-state index in [2.05, 4.69) is 16.1 Å². The molecule has 0 saturated carbocycles. The molecule has 0 aliphatic heterocycles. The zero-order valence-corrected chi connectivity index (χ0v) is 11.3. The van der Waals surface area contributed by atoms with E-state index >= 15 is 0 Å². The number of aliphatic hydroxyl groups is 1. The first-order chi connectivity index (χ1) is 9.64. The van der Waals surface area contributed by atoms with Crippen molar-refractivity contribution in [2.75, 3.05) is 6.61 Å². The highest BCUT2D eigenvalue weighted by molar-refractivity contribution is 5.87. The van der Waals surface area contributed by atoms with E-state index in [4.69, 9.17) is 5.11 Å². The molecule has 0 aliphatic carbocycles. The van der Waals surface area contributed by atoms with E-state index < -0.39 is 42.6 Å². The van der Waals surface area contributed by atoms with Crippen LogP contribution in [0.3, 0.4) is 0 Å². The molecule has 1 atom stereocenters. The van der Waals surface area contributed by atoms with Crippen molar-refractivity contribution in [3.8, 4) is 0 Å². The van der Waals surface area contributed by atoms with Crippen molar-refractivity contribution in [1.82, 2.24) is 0 Å². The van der Waals surface area contributed by atoms with Crippen LogP contribution in [-0.2, 0) is 19.1 Å². The summed E-state index contributed by atoms with van der Waals surface area (Å²) in [6.45, 7) is 4.36. The predicted molar refractivity (Wildman–Crippen MR) is 58.4 cm³/mol. The van der Waals surface area contributed by atoms with Crippen LogP contribution < -0.4 is 0 Å². The Labute approximate surface area is 120 Å². The van der Waals surface area contributed by atoms with Crippen LogP contribution in [0.15, 0.2) is 12.2 Å². The summed E-state index contributed by atoms with van der Waals surface area (Å²) in [5.41, 5.74) is -5.75. The lowest BCUT2D eigenvalue weighted by Crippen LogP contribution is -2.63. The summed E-state index contributed by atoms with van der Waals surface area (Å²) in [7, 11) is 0. The lowest BCUT2D eigenvalue weighted by molar-refractivity contribution is -0.357. The Balaban J connectivity index is 4.96. The van der Waals surface area contributed by atoms with Crippen LogP contribution in [0, 0.1) is 0 Å². The average molecular weight is 338 g/mol. The number of halogens is 6. The van der Waals surface area contributed by atoms with Crippen molar-refractivity contribution < 1.29 is 50.5 Å². The Kier molecular flexibility index (Phi) is 6.02. The summed E-state index contributed by atoms with van der Waals surface area (Å²) in [6, 6.07) is 0. The number of esters is 2. The molecule has 1 N–H and O–H groups in total. The highest BCUT2D eigenvalue weighted by Crippen LogP contribution is 2.43. The van der Waals surface area contributed by atoms with Gasteiger partial charge >= 0.3 is 29.9 Å². The number of carbonyl (C=O) groups is 2. The van der Waals surface area contributed by atoms with E-state index in [1.807, 2.05) is 0 Å². The summed E-state index contributed by atoms with van der Waals surface area (Å²) in [4.78, 5) is 22.1. The lowest BCUT2D eigenvalue weighted by atomic mass is 10.0. The van der Waals surface area contributed by atoms with Crippen molar-refractivity contribution in [1.29, 1.82) is 0 Å². The minimum absolute atomic E-state index is 0.0831. The fourth-order valence-electron chi connectivity index (χ4n) is 1.01. The molecule has 0 heterocycles. The quantitative estimate of drug-likeness (QED) is 0.471. The number of rotatable bonds is 5. The fraction of sp³-hybridized carbons (Fsp3) is 0.636. The van der Waals surface area contributed by atoms with E-state index in [1.54, 1.807) is 0 Å². The molecule has 0 aliphatic rings. The molecule has 5 nitrogen and oxygen atoms in total. The molecule has 0 fully saturated rings. The number of hydrogen-bond acceptors (Lipinski definition) is 5. The van der Waals surface area contributed by atoms with Gasteiger partial charge in [-0.05, 0) is 13.8 Å². The summed E-state index contributed by atoms with van der Waals surface area (Å²) in [6.07, 6.45) is -14.0. The van der Waals surface area contributed by atoms with Crippen LogP contribution in [0.5, 0.6) is 0 Å². The zero-order chi connectivity index (χ0) is 17.9. The zero-order valence-electron chi connectivity index (χ0n) is 11.3. The Morgan fingerprint density at radius 3 is 1.86 bits per heavy atom. The molecule has 0 bridgehead atoms. The molecule has 0 aromatic carbocycles. The van der Waals surface area contributed by atoms with Crippen molar-refractivity contribution in [2.24, 2.45) is 0 Å². The van der Waals surface area contributed by atoms with Crippen LogP contribution in [0.2, 0.25) is 0 Å². The van der Waals surface area contributed by atoms with Crippen molar-refractivity contribution in [2.45, 2.75) is 37.9 Å². The maximum absolute atomic E-state index is 12.3. The van der Waals surface area contributed by atoms with E-state index in [0.717, 1.165) is 6.92 Å². The van der Waals surface area contributed by atoms with Crippen molar-refractivity contribution in [3.05, 3.63) is 12.2 Å². The molecular weight excluding hydrogens is 326 g/mol. The molecule has 128 valence electrons. The van der Waals surface area contributed by atoms with Gasteiger partial charge in [-0.25, -0.2) is 9.59 Å². The number of carbonyl (C=O) groups excluding carboxylic acids is 2. The molecule has 0 aromatic rings. The SMILES string of the molecule is C=C(C)C(=O)OC(C)COC(=O)C(O)(C(F)(F)F)C(F)(F)F. The Morgan fingerprint density at radius 1 is 1.14 bits per heavy atom. The Morgan fingerprint density at radius 2 is 1.55 bits per heavy atom. The highest BCUT2D eigenvalue weighted by Gasteiger charge is 2.76. The second-order valence-corrected chi connectivity index (χ2v) is 4.30. The number of ether oxygens (including phenoxy) is 2. The number of alkyl halides is 6. The van der Waals surface area contributed by atoms with Gasteiger partial charge in [-0.3, -0.25) is 0 Å². The minimum Gasteiger partial charge on any atom is -0.459 e. The molecule has 0 amide bonds. The van der Waals surface area contributed by atoms with Gasteiger partial charge in [0.2, 0.25) is 0 Å². The van der Waals surface area contributed by atoms with Gasteiger partial charge in [0.15, 0.2) is 0 Å². The molecule has 0 aromatic heterocycles. The van der Waals surface area contributed by atoms with E-state index in [0.29, 0.717) is 0 Å². The second-order valence-electron chi connectivity index (χ2n) is 4.30. The Bertz CT molecular complexity index is 439. The minimum atomic E-state index is -6.33. The van der Waals surface area contributed by atoms with Crippen LogP contribution in [-0.4, -0.2) is 47.7 Å². The highest BCUT2D eigenvalue weighted by atomic mass is 19.4. The molecule has 11 heteroatoms. The van der Waals surface area contributed by atoms with Gasteiger partial charge < -0.3 is 14.6 Å². The number of hydrogen-bond donors (Lipinski definition) is 1. The van der Waals surface area contributed by atoms with Crippen LogP contribution in [0.4, 0.5) is 26.3 Å². The average Bonchev–Trinajstić information content (AvgIpc) is 2.31. The first-order valence-corrected chi connectivity index (χ1v) is 5.54. The summed E-state index contributed by atoms with van der Waals surface area (Å²) in [5.74, 6) is -3.95. The van der Waals surface area contributed by atoms with Gasteiger partial charge in [0.1, 0.15) is 12.7 Å². The predicted octanol–water partition coefficient (Wildman–Crippen LogP) is 1.89. The third-order valence-electron chi connectivity index (χ3n) is 2.22. The molecule has 1 unspecified atom stereocenters. The standard InChI is InChI=1S/C11H12F6O5/c1-5(2)7(18)22-6(3)4-21-8(19)9(20,10(12,13)14)11(15,16)17/h6,20H,1,4H2,2-3H3. The van der Waals surface area contributed by atoms with Gasteiger partial charge in [0.05, 0.1) is 0 Å². The second kappa shape index (κ2) is 6.55. The third kappa shape index (κ3) is 4.36. The lowest BCUT2D eigenvalue weighted by Gasteiger charge is -2.30. The van der Waals surface area contributed by atoms with Gasteiger partial charge in [-0.2, -0.15) is 26.3 Å². The maximum atomic E-state index is 12.3. The van der Waals surface area contributed by atoms with Gasteiger partial charge in [0, 0.05) is 5.57 Å². The van der Waals surface area contributed by atoms with Crippen molar-refractivity contribution in [3.63, 3.8) is 0 Å². The normalized spacial score (nSPS) is 14.2. The summed E-state index contributed by atoms with van der Waals surface area (Å²) in [5, 5.41) is 8.69. The topological polar surface area (TPSA) is 72.8 Å². The summed E-state index contributed by atoms with van der Waals surface area (Å²) < 4.78 is 82.2. The van der Waals surface area contributed by atoms with Crippen molar-refractivity contribution >= 4 is 11.9 Å². The molecular formula is C11H12F6O5. The van der Waals surface area contributed by atoms with E-state index in [1.165, 1.54) is 6.92 Å². The fourth-order valence-corrected chi connectivity index (χ4v) is 1.01. The third-order valence-corrected chi connectivity index (χ3v) is 2.22. The van der Waals surface area contributed by atoms with E-state index in [-0.39, 0.29) is 5.57 Å². The first-order valence-electron chi connectivity index (χ1n) is 5.54.